The van der Waals surface area contributed by atoms with Crippen LogP contribution in [0.15, 0.2) is 30.3 Å². The van der Waals surface area contributed by atoms with Crippen molar-refractivity contribution in [3.05, 3.63) is 41.7 Å². The number of rotatable bonds is 3. The van der Waals surface area contributed by atoms with Gasteiger partial charge in [-0.3, -0.25) is 4.79 Å². The zero-order valence-electron chi connectivity index (χ0n) is 13.3. The SMILES string of the molecule is COC(=O)N1CCC(NC(=O)/C=C(/C)c2cccc(F)c2)CC1. The van der Waals surface area contributed by atoms with Gasteiger partial charge in [0.1, 0.15) is 5.82 Å². The van der Waals surface area contributed by atoms with Crippen LogP contribution in [0.5, 0.6) is 0 Å². The molecule has 1 aromatic carbocycles. The van der Waals surface area contributed by atoms with Crippen LogP contribution < -0.4 is 5.32 Å². The van der Waals surface area contributed by atoms with Crippen LogP contribution in [0, 0.1) is 5.82 Å². The number of amides is 2. The van der Waals surface area contributed by atoms with Gasteiger partial charge < -0.3 is 15.0 Å². The molecule has 1 N–H and O–H groups in total. The predicted molar refractivity (Wildman–Crippen MR) is 85.2 cm³/mol. The van der Waals surface area contributed by atoms with Crippen molar-refractivity contribution in [3.8, 4) is 0 Å². The second kappa shape index (κ2) is 7.76. The summed E-state index contributed by atoms with van der Waals surface area (Å²) in [6.45, 7) is 2.89. The van der Waals surface area contributed by atoms with Gasteiger partial charge in [0.2, 0.25) is 5.91 Å². The summed E-state index contributed by atoms with van der Waals surface area (Å²) in [6, 6.07) is 6.17. The highest BCUT2D eigenvalue weighted by Gasteiger charge is 2.23. The number of allylic oxidation sites excluding steroid dienone is 1. The third kappa shape index (κ3) is 4.81. The molecule has 1 heterocycles. The molecule has 0 atom stereocenters. The first kappa shape index (κ1) is 17.0. The molecule has 23 heavy (non-hydrogen) atoms. The van der Waals surface area contributed by atoms with Crippen LogP contribution in [0.4, 0.5) is 9.18 Å². The number of hydrogen-bond donors (Lipinski definition) is 1. The highest BCUT2D eigenvalue weighted by Crippen LogP contribution is 2.15. The minimum atomic E-state index is -0.336. The van der Waals surface area contributed by atoms with E-state index in [9.17, 15) is 14.0 Å². The number of piperidine rings is 1. The molecule has 1 aromatic rings. The van der Waals surface area contributed by atoms with Gasteiger partial charge in [0, 0.05) is 25.2 Å². The zero-order chi connectivity index (χ0) is 16.8. The lowest BCUT2D eigenvalue weighted by Crippen LogP contribution is -2.46. The lowest BCUT2D eigenvalue weighted by atomic mass is 10.0. The van der Waals surface area contributed by atoms with E-state index in [-0.39, 0.29) is 23.9 Å². The third-order valence-corrected chi connectivity index (χ3v) is 3.90. The Morgan fingerprint density at radius 1 is 1.35 bits per heavy atom. The summed E-state index contributed by atoms with van der Waals surface area (Å²) in [4.78, 5) is 25.1. The van der Waals surface area contributed by atoms with Crippen LogP contribution in [0.3, 0.4) is 0 Å². The fourth-order valence-corrected chi connectivity index (χ4v) is 2.59. The number of likely N-dealkylation sites (tertiary alicyclic amines) is 1. The fraction of sp³-hybridized carbons (Fsp3) is 0.412. The van der Waals surface area contributed by atoms with E-state index in [1.165, 1.54) is 25.3 Å². The molecule has 1 saturated heterocycles. The Hall–Kier alpha value is -2.37. The van der Waals surface area contributed by atoms with Crippen molar-refractivity contribution in [2.75, 3.05) is 20.2 Å². The van der Waals surface area contributed by atoms with E-state index in [4.69, 9.17) is 0 Å². The second-order valence-corrected chi connectivity index (χ2v) is 5.58. The molecule has 2 rings (SSSR count). The van der Waals surface area contributed by atoms with E-state index in [1.54, 1.807) is 24.0 Å². The molecule has 0 unspecified atom stereocenters. The Balaban J connectivity index is 1.88. The summed E-state index contributed by atoms with van der Waals surface area (Å²) in [7, 11) is 1.36. The predicted octanol–water partition coefficient (Wildman–Crippen LogP) is 2.58. The summed E-state index contributed by atoms with van der Waals surface area (Å²) in [5.74, 6) is -0.533. The number of carbonyl (C=O) groups is 2. The van der Waals surface area contributed by atoms with Crippen LogP contribution in [0.1, 0.15) is 25.3 Å². The van der Waals surface area contributed by atoms with Gasteiger partial charge in [-0.15, -0.1) is 0 Å². The Labute approximate surface area is 135 Å². The number of halogens is 1. The lowest BCUT2D eigenvalue weighted by Gasteiger charge is -2.31. The highest BCUT2D eigenvalue weighted by atomic mass is 19.1. The molecule has 1 aliphatic rings. The molecular formula is C17H21FN2O3. The fourth-order valence-electron chi connectivity index (χ4n) is 2.59. The Morgan fingerprint density at radius 2 is 2.04 bits per heavy atom. The summed E-state index contributed by atoms with van der Waals surface area (Å²) in [5.41, 5.74) is 1.38. The maximum atomic E-state index is 13.2. The number of carbonyl (C=O) groups excluding carboxylic acids is 2. The van der Waals surface area contributed by atoms with Gasteiger partial charge in [-0.2, -0.15) is 0 Å². The maximum absolute atomic E-state index is 13.2. The number of hydrogen-bond acceptors (Lipinski definition) is 3. The van der Waals surface area contributed by atoms with Crippen molar-refractivity contribution in [1.82, 2.24) is 10.2 Å². The molecule has 0 aliphatic carbocycles. The lowest BCUT2D eigenvalue weighted by molar-refractivity contribution is -0.117. The van der Waals surface area contributed by atoms with Gasteiger partial charge in [0.05, 0.1) is 7.11 Å². The largest absolute Gasteiger partial charge is 0.453 e. The van der Waals surface area contributed by atoms with Crippen molar-refractivity contribution in [2.45, 2.75) is 25.8 Å². The molecule has 5 nitrogen and oxygen atoms in total. The van der Waals surface area contributed by atoms with Crippen LogP contribution >= 0.6 is 0 Å². The topological polar surface area (TPSA) is 58.6 Å². The van der Waals surface area contributed by atoms with Crippen molar-refractivity contribution in [3.63, 3.8) is 0 Å². The maximum Gasteiger partial charge on any atom is 0.409 e. The van der Waals surface area contributed by atoms with Gasteiger partial charge in [-0.1, -0.05) is 12.1 Å². The van der Waals surface area contributed by atoms with Crippen LogP contribution in [0.2, 0.25) is 0 Å². The van der Waals surface area contributed by atoms with Crippen molar-refractivity contribution in [2.24, 2.45) is 0 Å². The number of ether oxygens (including phenoxy) is 1. The van der Waals surface area contributed by atoms with Gasteiger partial charge in [-0.05, 0) is 43.0 Å². The summed E-state index contributed by atoms with van der Waals surface area (Å²) in [5, 5.41) is 2.92. The van der Waals surface area contributed by atoms with Gasteiger partial charge in [0.25, 0.3) is 0 Å². The Kier molecular flexibility index (Phi) is 5.73. The normalized spacial score (nSPS) is 16.1. The van der Waals surface area contributed by atoms with Crippen molar-refractivity contribution >= 4 is 17.6 Å². The first-order chi connectivity index (χ1) is 11.0. The average molecular weight is 320 g/mol. The standard InChI is InChI=1S/C17H21FN2O3/c1-12(13-4-3-5-14(18)11-13)10-16(21)19-15-6-8-20(9-7-15)17(22)23-2/h3-5,10-11,15H,6-9H2,1-2H3,(H,19,21)/b12-10-. The molecule has 0 aromatic heterocycles. The first-order valence-electron chi connectivity index (χ1n) is 7.57. The number of benzene rings is 1. The minimum Gasteiger partial charge on any atom is -0.453 e. The summed E-state index contributed by atoms with van der Waals surface area (Å²) >= 11 is 0. The van der Waals surface area contributed by atoms with E-state index >= 15 is 0 Å². The van der Waals surface area contributed by atoms with Crippen molar-refractivity contribution < 1.29 is 18.7 Å². The summed E-state index contributed by atoms with van der Waals surface area (Å²) in [6.07, 6.45) is 2.51. The van der Waals surface area contributed by atoms with E-state index < -0.39 is 0 Å². The van der Waals surface area contributed by atoms with Crippen molar-refractivity contribution in [1.29, 1.82) is 0 Å². The average Bonchev–Trinajstić information content (AvgIpc) is 2.54. The molecular weight excluding hydrogens is 299 g/mol. The van der Waals surface area contributed by atoms with Gasteiger partial charge in [-0.25, -0.2) is 9.18 Å². The molecule has 0 bridgehead atoms. The number of methoxy groups -OCH3 is 1. The van der Waals surface area contributed by atoms with E-state index in [0.29, 0.717) is 37.1 Å². The second-order valence-electron chi connectivity index (χ2n) is 5.58. The molecule has 2 amide bonds. The zero-order valence-corrected chi connectivity index (χ0v) is 13.3. The summed E-state index contributed by atoms with van der Waals surface area (Å²) < 4.78 is 17.9. The number of nitrogens with one attached hydrogen (secondary N) is 1. The van der Waals surface area contributed by atoms with Gasteiger partial charge >= 0.3 is 6.09 Å². The Morgan fingerprint density at radius 3 is 2.65 bits per heavy atom. The molecule has 0 spiro atoms. The van der Waals surface area contributed by atoms with E-state index in [1.807, 2.05) is 0 Å². The Bertz CT molecular complexity index is 608. The molecule has 1 aliphatic heterocycles. The minimum absolute atomic E-state index is 0.0277. The van der Waals surface area contributed by atoms with Crippen LogP contribution in [-0.4, -0.2) is 43.1 Å². The molecule has 124 valence electrons. The van der Waals surface area contributed by atoms with E-state index in [2.05, 4.69) is 10.1 Å². The quantitative estimate of drug-likeness (QED) is 0.871. The molecule has 1 fully saturated rings. The molecule has 6 heteroatoms. The van der Waals surface area contributed by atoms with Crippen LogP contribution in [0.25, 0.3) is 5.57 Å². The van der Waals surface area contributed by atoms with Crippen LogP contribution in [-0.2, 0) is 9.53 Å². The third-order valence-electron chi connectivity index (χ3n) is 3.90. The highest BCUT2D eigenvalue weighted by molar-refractivity contribution is 5.95. The molecule has 0 saturated carbocycles. The smallest absolute Gasteiger partial charge is 0.409 e. The van der Waals surface area contributed by atoms with Gasteiger partial charge in [0.15, 0.2) is 0 Å². The monoisotopic (exact) mass is 320 g/mol. The molecule has 0 radical (unpaired) electrons. The van der Waals surface area contributed by atoms with E-state index in [0.717, 1.165) is 0 Å². The number of nitrogens with zero attached hydrogens (tertiary/aromatic N) is 1. The first-order valence-corrected chi connectivity index (χ1v) is 7.57.